The van der Waals surface area contributed by atoms with Gasteiger partial charge in [0.15, 0.2) is 0 Å². The minimum absolute atomic E-state index is 0.102. The van der Waals surface area contributed by atoms with Crippen LogP contribution in [0.25, 0.3) is 0 Å². The van der Waals surface area contributed by atoms with Crippen LogP contribution in [-0.2, 0) is 6.54 Å². The van der Waals surface area contributed by atoms with E-state index >= 15 is 0 Å². The number of likely N-dealkylation sites (tertiary alicyclic amines) is 1. The molecule has 0 unspecified atom stereocenters. The van der Waals surface area contributed by atoms with Crippen molar-refractivity contribution >= 4 is 0 Å². The molecule has 0 radical (unpaired) electrons. The van der Waals surface area contributed by atoms with Crippen LogP contribution >= 0.6 is 0 Å². The quantitative estimate of drug-likeness (QED) is 0.204. The molecular weight excluding hydrogens is 600 g/mol. The molecule has 1 aromatic rings. The number of benzene rings is 1. The lowest BCUT2D eigenvalue weighted by atomic mass is 9.85. The Hall–Kier alpha value is -1.56. The highest BCUT2D eigenvalue weighted by Gasteiger charge is 2.43. The van der Waals surface area contributed by atoms with E-state index in [9.17, 15) is 46.8 Å². The summed E-state index contributed by atoms with van der Waals surface area (Å²) in [7, 11) is 0. The highest BCUT2D eigenvalue weighted by Crippen LogP contribution is 2.27. The fourth-order valence-electron chi connectivity index (χ4n) is 5.87. The van der Waals surface area contributed by atoms with Gasteiger partial charge in [0, 0.05) is 44.8 Å². The van der Waals surface area contributed by atoms with Crippen molar-refractivity contribution in [3.05, 3.63) is 35.9 Å². The number of halogens is 6. The van der Waals surface area contributed by atoms with Gasteiger partial charge >= 0.3 is 0 Å². The molecule has 3 aliphatic heterocycles. The maximum atomic E-state index is 12.8. The summed E-state index contributed by atoms with van der Waals surface area (Å²) in [4.78, 5) is 1.75. The molecule has 0 aromatic heterocycles. The fraction of sp³-hybridized carbons (Fsp3) is 0.793. The first kappa shape index (κ1) is 38.6. The number of hydrogen-bond acceptors (Lipinski definition) is 9. The molecule has 1 aromatic carbocycles. The maximum Gasteiger partial charge on any atom is 0.245 e. The summed E-state index contributed by atoms with van der Waals surface area (Å²) in [5, 5.41) is 61.7. The summed E-state index contributed by atoms with van der Waals surface area (Å²) >= 11 is 0. The summed E-state index contributed by atoms with van der Waals surface area (Å²) in [5.41, 5.74) is 1.01. The van der Waals surface area contributed by atoms with Gasteiger partial charge in [0.05, 0.1) is 54.4 Å². The molecule has 3 heterocycles. The second-order valence-corrected chi connectivity index (χ2v) is 11.5. The van der Waals surface area contributed by atoms with E-state index in [2.05, 4.69) is 10.6 Å². The zero-order valence-corrected chi connectivity index (χ0v) is 24.8. The number of aliphatic hydroxyl groups excluding tert-OH is 6. The molecule has 11 atom stereocenters. The van der Waals surface area contributed by atoms with E-state index in [0.29, 0.717) is 19.4 Å². The lowest BCUT2D eigenvalue weighted by molar-refractivity contribution is -0.118. The number of nitrogens with one attached hydrogen (secondary N) is 2. The van der Waals surface area contributed by atoms with Crippen LogP contribution in [0.3, 0.4) is 0 Å². The van der Waals surface area contributed by atoms with Gasteiger partial charge in [0.25, 0.3) is 0 Å². The second-order valence-electron chi connectivity index (χ2n) is 11.5. The number of rotatable bonds is 7. The molecule has 3 fully saturated rings. The van der Waals surface area contributed by atoms with Crippen molar-refractivity contribution in [1.29, 1.82) is 0 Å². The molecule has 8 N–H and O–H groups in total. The van der Waals surface area contributed by atoms with Gasteiger partial charge in [-0.15, -0.1) is 0 Å². The Morgan fingerprint density at radius 2 is 1.11 bits per heavy atom. The number of aliphatic hydroxyl groups is 6. The smallest absolute Gasteiger partial charge is 0.245 e. The molecule has 0 spiro atoms. The van der Waals surface area contributed by atoms with Gasteiger partial charge in [-0.25, -0.2) is 26.3 Å². The van der Waals surface area contributed by atoms with E-state index in [1.807, 2.05) is 30.3 Å². The standard InChI is InChI=1S/C13H17F2NO2.2C8H15F2NO2/c14-13(15)10-7-16(8-11(17)12(10)18)6-9-4-2-1-3-5-9;2*1-2-4-6(8(9)10)7(13)5(12)3-11-4/h1-5,10-13,17-18H,6-8H2;2*4-8,11-13H,2-3H2,1H3/t10-,11+,12+;4-,5+,6-,7-;4-,5-,6+,7+/m001/s1. The summed E-state index contributed by atoms with van der Waals surface area (Å²) in [6, 6.07) is 8.67. The zero-order chi connectivity index (χ0) is 33.1. The monoisotopic (exact) mass is 647 g/mol. The lowest BCUT2D eigenvalue weighted by Crippen LogP contribution is -2.58. The van der Waals surface area contributed by atoms with Crippen LogP contribution in [0.1, 0.15) is 32.3 Å². The first-order valence-corrected chi connectivity index (χ1v) is 14.9. The number of nitrogens with zero attached hydrogens (tertiary/aromatic N) is 1. The first-order valence-electron chi connectivity index (χ1n) is 14.9. The molecule has 0 aliphatic carbocycles. The SMILES string of the molecule is CC[C@@H]1NC[C@@H](O)[C@H](O)[C@H]1C(F)F.CC[C@H]1NC[C@@H](O)[C@H](O)[C@H]1C(F)F.O[C@H]1[C@H](O)CN(Cc2ccccc2)C[C@@H]1C(F)F. The van der Waals surface area contributed by atoms with Crippen molar-refractivity contribution in [1.82, 2.24) is 15.5 Å². The van der Waals surface area contributed by atoms with E-state index in [1.54, 1.807) is 18.7 Å². The van der Waals surface area contributed by atoms with Gasteiger partial charge < -0.3 is 41.3 Å². The average Bonchev–Trinajstić information content (AvgIpc) is 2.98. The van der Waals surface area contributed by atoms with E-state index in [-0.39, 0.29) is 26.2 Å². The van der Waals surface area contributed by atoms with Gasteiger partial charge in [-0.3, -0.25) is 4.90 Å². The Balaban J connectivity index is 0.000000235. The predicted octanol–water partition coefficient (Wildman–Crippen LogP) is 1.05. The van der Waals surface area contributed by atoms with Crippen LogP contribution in [0.2, 0.25) is 0 Å². The number of hydrogen-bond donors (Lipinski definition) is 8. The Bertz CT molecular complexity index is 889. The minimum Gasteiger partial charge on any atom is -0.390 e. The molecule has 0 amide bonds. The van der Waals surface area contributed by atoms with Gasteiger partial charge in [-0.05, 0) is 18.4 Å². The Morgan fingerprint density at radius 3 is 1.50 bits per heavy atom. The first-order chi connectivity index (χ1) is 20.7. The fourth-order valence-corrected chi connectivity index (χ4v) is 5.87. The third kappa shape index (κ3) is 10.8. The summed E-state index contributed by atoms with van der Waals surface area (Å²) in [6.07, 6.45) is -14.0. The van der Waals surface area contributed by atoms with E-state index in [4.69, 9.17) is 10.2 Å². The van der Waals surface area contributed by atoms with Crippen LogP contribution in [0.5, 0.6) is 0 Å². The Kier molecular flexibility index (Phi) is 16.3. The largest absolute Gasteiger partial charge is 0.390 e. The van der Waals surface area contributed by atoms with Crippen molar-refractivity contribution in [2.24, 2.45) is 17.8 Å². The maximum absolute atomic E-state index is 12.8. The molecule has 15 heteroatoms. The summed E-state index contributed by atoms with van der Waals surface area (Å²) < 4.78 is 75.4. The van der Waals surface area contributed by atoms with E-state index in [0.717, 1.165) is 5.56 Å². The number of alkyl halides is 6. The van der Waals surface area contributed by atoms with Crippen molar-refractivity contribution in [3.63, 3.8) is 0 Å². The Labute approximate surface area is 253 Å². The van der Waals surface area contributed by atoms with Crippen molar-refractivity contribution in [3.8, 4) is 0 Å². The van der Waals surface area contributed by atoms with Crippen molar-refractivity contribution in [2.45, 2.75) is 101 Å². The van der Waals surface area contributed by atoms with Crippen molar-refractivity contribution < 1.29 is 57.0 Å². The number of piperidine rings is 3. The van der Waals surface area contributed by atoms with Crippen LogP contribution in [0, 0.1) is 17.8 Å². The van der Waals surface area contributed by atoms with E-state index in [1.165, 1.54) is 0 Å². The molecule has 3 saturated heterocycles. The minimum atomic E-state index is -2.62. The summed E-state index contributed by atoms with van der Waals surface area (Å²) in [6.45, 7) is 4.75. The van der Waals surface area contributed by atoms with Crippen LogP contribution in [-0.4, -0.2) is 130 Å². The average molecular weight is 648 g/mol. The third-order valence-corrected chi connectivity index (χ3v) is 8.47. The lowest BCUT2D eigenvalue weighted by Gasteiger charge is -2.38. The predicted molar refractivity (Wildman–Crippen MR) is 150 cm³/mol. The van der Waals surface area contributed by atoms with Gasteiger partial charge in [0.1, 0.15) is 0 Å². The van der Waals surface area contributed by atoms with Gasteiger partial charge in [0.2, 0.25) is 19.3 Å². The zero-order valence-electron chi connectivity index (χ0n) is 24.8. The third-order valence-electron chi connectivity index (χ3n) is 8.47. The van der Waals surface area contributed by atoms with Crippen molar-refractivity contribution in [2.75, 3.05) is 26.2 Å². The van der Waals surface area contributed by atoms with Crippen LogP contribution < -0.4 is 10.6 Å². The van der Waals surface area contributed by atoms with Gasteiger partial charge in [-0.1, -0.05) is 44.2 Å². The molecule has 0 bridgehead atoms. The molecular formula is C29H47F6N3O6. The Morgan fingerprint density at radius 1 is 0.659 bits per heavy atom. The molecule has 9 nitrogen and oxygen atoms in total. The molecule has 0 saturated carbocycles. The van der Waals surface area contributed by atoms with Crippen LogP contribution in [0.15, 0.2) is 30.3 Å². The normalized spacial score (nSPS) is 36.4. The summed E-state index contributed by atoms with van der Waals surface area (Å²) in [5.74, 6) is -3.50. The molecule has 3 aliphatic rings. The van der Waals surface area contributed by atoms with Crippen LogP contribution in [0.4, 0.5) is 26.3 Å². The number of β-amino-alcohol motifs (C(OH)–C–C–N with tert-alkyl or cyclic N) is 3. The highest BCUT2D eigenvalue weighted by molar-refractivity contribution is 5.14. The molecule has 44 heavy (non-hydrogen) atoms. The van der Waals surface area contributed by atoms with Gasteiger partial charge in [-0.2, -0.15) is 0 Å². The highest BCUT2D eigenvalue weighted by atomic mass is 19.3. The van der Waals surface area contributed by atoms with E-state index < -0.39 is 85.7 Å². The topological polar surface area (TPSA) is 149 Å². The molecule has 4 rings (SSSR count). The second kappa shape index (κ2) is 18.6. The molecule has 256 valence electrons.